The van der Waals surface area contributed by atoms with Crippen LogP contribution < -0.4 is 0 Å². The van der Waals surface area contributed by atoms with E-state index < -0.39 is 9.84 Å². The highest BCUT2D eigenvalue weighted by atomic mass is 32.2. The molecule has 0 amide bonds. The van der Waals surface area contributed by atoms with Crippen LogP contribution in [0.25, 0.3) is 0 Å². The van der Waals surface area contributed by atoms with Crippen molar-refractivity contribution in [3.8, 4) is 0 Å². The molecule has 0 aromatic carbocycles. The Bertz CT molecular complexity index is 528. The summed E-state index contributed by atoms with van der Waals surface area (Å²) in [6.45, 7) is 3.88. The quantitative estimate of drug-likeness (QED) is 0.755. The summed E-state index contributed by atoms with van der Waals surface area (Å²) in [4.78, 5) is 10.9. The number of aldehydes is 1. The lowest BCUT2D eigenvalue weighted by Crippen LogP contribution is -2.26. The van der Waals surface area contributed by atoms with Crippen molar-refractivity contribution in [2.75, 3.05) is 11.5 Å². The first-order valence-electron chi connectivity index (χ1n) is 5.78. The van der Waals surface area contributed by atoms with Crippen LogP contribution in [0.2, 0.25) is 0 Å². The van der Waals surface area contributed by atoms with Gasteiger partial charge in [-0.15, -0.1) is 0 Å². The second-order valence-electron chi connectivity index (χ2n) is 4.70. The van der Waals surface area contributed by atoms with Gasteiger partial charge in [0.1, 0.15) is 9.84 Å². The number of rotatable bonds is 2. The number of carbonyl (C=O) groups is 1. The lowest BCUT2D eigenvalue weighted by Gasteiger charge is -2.26. The molecule has 0 atom stereocenters. The number of nitrogens with zero attached hydrogens (tertiary/aromatic N) is 1. The van der Waals surface area contributed by atoms with Crippen LogP contribution in [-0.4, -0.2) is 30.8 Å². The fourth-order valence-electron chi connectivity index (χ4n) is 2.62. The van der Waals surface area contributed by atoms with Crippen LogP contribution in [0.15, 0.2) is 6.07 Å². The van der Waals surface area contributed by atoms with Crippen molar-refractivity contribution in [1.29, 1.82) is 0 Å². The van der Waals surface area contributed by atoms with E-state index in [1.165, 1.54) is 0 Å². The molecule has 1 fully saturated rings. The van der Waals surface area contributed by atoms with E-state index in [1.807, 2.05) is 19.9 Å². The predicted molar refractivity (Wildman–Crippen MR) is 66.2 cm³/mol. The van der Waals surface area contributed by atoms with Gasteiger partial charge in [0, 0.05) is 23.0 Å². The Balaban J connectivity index is 2.30. The van der Waals surface area contributed by atoms with Crippen LogP contribution in [0, 0.1) is 13.8 Å². The van der Waals surface area contributed by atoms with Gasteiger partial charge in [0.2, 0.25) is 0 Å². The molecule has 2 rings (SSSR count). The van der Waals surface area contributed by atoms with Gasteiger partial charge in [-0.25, -0.2) is 8.42 Å². The number of sulfone groups is 1. The fraction of sp³-hybridized carbons (Fsp3) is 0.583. The van der Waals surface area contributed by atoms with Crippen LogP contribution in [-0.2, 0) is 9.84 Å². The molecule has 4 nitrogen and oxygen atoms in total. The lowest BCUT2D eigenvalue weighted by atomic mass is 10.1. The maximum atomic E-state index is 11.4. The molecule has 0 spiro atoms. The molecule has 2 heterocycles. The van der Waals surface area contributed by atoms with Crippen molar-refractivity contribution >= 4 is 16.1 Å². The van der Waals surface area contributed by atoms with Crippen molar-refractivity contribution in [3.63, 3.8) is 0 Å². The lowest BCUT2D eigenvalue weighted by molar-refractivity contribution is 0.112. The van der Waals surface area contributed by atoms with Crippen LogP contribution >= 0.6 is 0 Å². The van der Waals surface area contributed by atoms with Gasteiger partial charge in [0.05, 0.1) is 11.5 Å². The molecule has 1 aromatic rings. The maximum Gasteiger partial charge on any atom is 0.151 e. The SMILES string of the molecule is Cc1cc(C=O)c(C)n1C1CCS(=O)(=O)CC1. The highest BCUT2D eigenvalue weighted by Gasteiger charge is 2.26. The Hall–Kier alpha value is -1.10. The topological polar surface area (TPSA) is 56.1 Å². The van der Waals surface area contributed by atoms with Gasteiger partial charge in [-0.1, -0.05) is 0 Å². The molecule has 0 unspecified atom stereocenters. The molecular formula is C12H17NO3S. The monoisotopic (exact) mass is 255 g/mol. The van der Waals surface area contributed by atoms with Crippen LogP contribution in [0.5, 0.6) is 0 Å². The summed E-state index contributed by atoms with van der Waals surface area (Å²) < 4.78 is 24.9. The zero-order chi connectivity index (χ0) is 12.6. The molecule has 94 valence electrons. The normalized spacial score (nSPS) is 20.4. The van der Waals surface area contributed by atoms with Crippen molar-refractivity contribution in [2.24, 2.45) is 0 Å². The number of aryl methyl sites for hydroxylation is 1. The molecular weight excluding hydrogens is 238 g/mol. The summed E-state index contributed by atoms with van der Waals surface area (Å²) in [5.74, 6) is 0.510. The van der Waals surface area contributed by atoms with Gasteiger partial charge in [-0.2, -0.15) is 0 Å². The minimum Gasteiger partial charge on any atom is -0.345 e. The molecule has 0 saturated carbocycles. The number of hydrogen-bond acceptors (Lipinski definition) is 3. The van der Waals surface area contributed by atoms with E-state index in [0.717, 1.165) is 17.7 Å². The van der Waals surface area contributed by atoms with Gasteiger partial charge in [-0.3, -0.25) is 4.79 Å². The van der Waals surface area contributed by atoms with E-state index >= 15 is 0 Å². The maximum absolute atomic E-state index is 11.4. The summed E-state index contributed by atoms with van der Waals surface area (Å²) in [5, 5.41) is 0. The van der Waals surface area contributed by atoms with Crippen LogP contribution in [0.3, 0.4) is 0 Å². The standard InChI is InChI=1S/C12H17NO3S/c1-9-7-11(8-14)10(2)13(9)12-3-5-17(15,16)6-4-12/h7-8,12H,3-6H2,1-2H3. The summed E-state index contributed by atoms with van der Waals surface area (Å²) in [6, 6.07) is 2.08. The molecule has 1 saturated heterocycles. The third-order valence-electron chi connectivity index (χ3n) is 3.54. The largest absolute Gasteiger partial charge is 0.345 e. The molecule has 1 aromatic heterocycles. The Morgan fingerprint density at radius 2 is 1.88 bits per heavy atom. The second-order valence-corrected chi connectivity index (χ2v) is 7.00. The minimum atomic E-state index is -2.83. The highest BCUT2D eigenvalue weighted by molar-refractivity contribution is 7.91. The third-order valence-corrected chi connectivity index (χ3v) is 5.26. The smallest absolute Gasteiger partial charge is 0.151 e. The summed E-state index contributed by atoms with van der Waals surface area (Å²) in [6.07, 6.45) is 2.16. The third kappa shape index (κ3) is 2.29. The number of hydrogen-bond donors (Lipinski definition) is 0. The molecule has 0 aliphatic carbocycles. The summed E-state index contributed by atoms with van der Waals surface area (Å²) in [5.41, 5.74) is 2.69. The van der Waals surface area contributed by atoms with E-state index in [0.29, 0.717) is 18.4 Å². The summed E-state index contributed by atoms with van der Waals surface area (Å²) in [7, 11) is -2.83. The predicted octanol–water partition coefficient (Wildman–Crippen LogP) is 1.67. The molecule has 0 bridgehead atoms. The van der Waals surface area contributed by atoms with Crippen molar-refractivity contribution < 1.29 is 13.2 Å². The summed E-state index contributed by atoms with van der Waals surface area (Å²) >= 11 is 0. The van der Waals surface area contributed by atoms with Crippen molar-refractivity contribution in [3.05, 3.63) is 23.0 Å². The Labute approximate surface area is 102 Å². The van der Waals surface area contributed by atoms with Crippen molar-refractivity contribution in [1.82, 2.24) is 4.57 Å². The molecule has 1 aliphatic heterocycles. The fourth-order valence-corrected chi connectivity index (χ4v) is 4.09. The molecule has 0 N–H and O–H groups in total. The van der Waals surface area contributed by atoms with E-state index in [4.69, 9.17) is 0 Å². The first-order chi connectivity index (χ1) is 7.94. The number of carbonyl (C=O) groups excluding carboxylic acids is 1. The van der Waals surface area contributed by atoms with E-state index in [9.17, 15) is 13.2 Å². The average molecular weight is 255 g/mol. The molecule has 0 radical (unpaired) electrons. The van der Waals surface area contributed by atoms with Gasteiger partial charge < -0.3 is 4.57 Å². The number of aromatic nitrogens is 1. The molecule has 17 heavy (non-hydrogen) atoms. The zero-order valence-corrected chi connectivity index (χ0v) is 11.0. The van der Waals surface area contributed by atoms with Gasteiger partial charge in [-0.05, 0) is 32.8 Å². The minimum absolute atomic E-state index is 0.215. The Morgan fingerprint density at radius 3 is 2.35 bits per heavy atom. The van der Waals surface area contributed by atoms with Gasteiger partial charge in [0.15, 0.2) is 6.29 Å². The average Bonchev–Trinajstić information content (AvgIpc) is 2.55. The van der Waals surface area contributed by atoms with E-state index in [2.05, 4.69) is 4.57 Å². The van der Waals surface area contributed by atoms with E-state index in [1.54, 1.807) is 0 Å². The molecule has 1 aliphatic rings. The Kier molecular flexibility index (Phi) is 3.12. The first kappa shape index (κ1) is 12.4. The van der Waals surface area contributed by atoms with E-state index in [-0.39, 0.29) is 17.5 Å². The second kappa shape index (κ2) is 4.29. The van der Waals surface area contributed by atoms with Crippen LogP contribution in [0.1, 0.15) is 40.6 Å². The van der Waals surface area contributed by atoms with Crippen molar-refractivity contribution in [2.45, 2.75) is 32.7 Å². The molecule has 5 heteroatoms. The zero-order valence-electron chi connectivity index (χ0n) is 10.1. The highest BCUT2D eigenvalue weighted by Crippen LogP contribution is 2.28. The Morgan fingerprint density at radius 1 is 1.29 bits per heavy atom. The van der Waals surface area contributed by atoms with Crippen LogP contribution in [0.4, 0.5) is 0 Å². The first-order valence-corrected chi connectivity index (χ1v) is 7.61. The van der Waals surface area contributed by atoms with Gasteiger partial charge in [0.25, 0.3) is 0 Å². The van der Waals surface area contributed by atoms with Gasteiger partial charge >= 0.3 is 0 Å².